The number of amides is 1. The number of hydrogen-bond donors (Lipinski definition) is 2. The Kier molecular flexibility index (Phi) is 6.55. The monoisotopic (exact) mass is 295 g/mol. The fourth-order valence-corrected chi connectivity index (χ4v) is 1.62. The summed E-state index contributed by atoms with van der Waals surface area (Å²) >= 11 is 0. The first kappa shape index (κ1) is 16.8. The van der Waals surface area contributed by atoms with Crippen molar-refractivity contribution in [3.8, 4) is 0 Å². The molecular formula is C15H18FNO4. The number of ether oxygens (including phenoxy) is 1. The zero-order valence-corrected chi connectivity index (χ0v) is 11.9. The van der Waals surface area contributed by atoms with Crippen molar-refractivity contribution in [3.05, 3.63) is 41.2 Å². The molecule has 2 N–H and O–H groups in total. The van der Waals surface area contributed by atoms with Gasteiger partial charge in [-0.3, -0.25) is 4.79 Å². The molecule has 1 aromatic carbocycles. The first-order valence-electron chi connectivity index (χ1n) is 6.53. The third kappa shape index (κ3) is 5.74. The molecule has 0 saturated heterocycles. The molecule has 1 amide bonds. The van der Waals surface area contributed by atoms with Crippen LogP contribution in [0.5, 0.6) is 0 Å². The van der Waals surface area contributed by atoms with E-state index in [1.165, 1.54) is 18.2 Å². The van der Waals surface area contributed by atoms with Gasteiger partial charge >= 0.3 is 5.97 Å². The maximum Gasteiger partial charge on any atom is 0.328 e. The normalized spacial score (nSPS) is 12.3. The molecule has 0 radical (unpaired) electrons. The summed E-state index contributed by atoms with van der Waals surface area (Å²) in [7, 11) is 0. The molecule has 1 aromatic rings. The van der Waals surface area contributed by atoms with Crippen LogP contribution in [0.2, 0.25) is 0 Å². The zero-order valence-electron chi connectivity index (χ0n) is 11.9. The lowest BCUT2D eigenvalue weighted by Gasteiger charge is -2.14. The molecule has 21 heavy (non-hydrogen) atoms. The number of carbonyl (C=O) groups is 2. The Morgan fingerprint density at radius 2 is 2.19 bits per heavy atom. The van der Waals surface area contributed by atoms with Crippen molar-refractivity contribution >= 4 is 18.0 Å². The Labute approximate surface area is 122 Å². The van der Waals surface area contributed by atoms with Crippen molar-refractivity contribution in [2.75, 3.05) is 13.2 Å². The van der Waals surface area contributed by atoms with Crippen molar-refractivity contribution in [2.24, 2.45) is 0 Å². The summed E-state index contributed by atoms with van der Waals surface area (Å²) in [6, 6.07) is 3.68. The van der Waals surface area contributed by atoms with Gasteiger partial charge in [0, 0.05) is 18.7 Å². The average Bonchev–Trinajstić information content (AvgIpc) is 2.42. The number of carboxylic acids is 1. The van der Waals surface area contributed by atoms with Gasteiger partial charge in [-0.2, -0.15) is 0 Å². The molecule has 0 aliphatic rings. The molecule has 0 bridgehead atoms. The maximum absolute atomic E-state index is 13.9. The highest BCUT2D eigenvalue weighted by Gasteiger charge is 2.14. The van der Waals surface area contributed by atoms with Crippen molar-refractivity contribution < 1.29 is 23.8 Å². The predicted molar refractivity (Wildman–Crippen MR) is 76.5 cm³/mol. The number of aliphatic carboxylic acids is 1. The van der Waals surface area contributed by atoms with Crippen LogP contribution < -0.4 is 5.32 Å². The Morgan fingerprint density at radius 1 is 1.48 bits per heavy atom. The van der Waals surface area contributed by atoms with Crippen molar-refractivity contribution in [1.29, 1.82) is 0 Å². The second-order valence-corrected chi connectivity index (χ2v) is 4.44. The van der Waals surface area contributed by atoms with Gasteiger partial charge < -0.3 is 15.2 Å². The lowest BCUT2D eigenvalue weighted by molar-refractivity contribution is -0.131. The third-order valence-corrected chi connectivity index (χ3v) is 2.61. The zero-order chi connectivity index (χ0) is 15.8. The quantitative estimate of drug-likeness (QED) is 0.755. The standard InChI is InChI=1S/C15H18FNO4/c1-3-21-9-10(2)17-15(20)12-6-4-11(8-13(12)16)5-7-14(18)19/h4-8,10H,3,9H2,1-2H3,(H,17,20)(H,18,19). The Hall–Kier alpha value is -2.21. The van der Waals surface area contributed by atoms with Crippen molar-refractivity contribution in [3.63, 3.8) is 0 Å². The molecule has 0 aliphatic carbocycles. The molecule has 1 atom stereocenters. The largest absolute Gasteiger partial charge is 0.478 e. The fourth-order valence-electron chi connectivity index (χ4n) is 1.62. The molecule has 6 heteroatoms. The molecule has 1 rings (SSSR count). The average molecular weight is 295 g/mol. The number of halogens is 1. The van der Waals surface area contributed by atoms with E-state index in [2.05, 4.69) is 5.32 Å². The van der Waals surface area contributed by atoms with Crippen molar-refractivity contribution in [1.82, 2.24) is 5.32 Å². The van der Waals surface area contributed by atoms with Crippen LogP contribution in [0.15, 0.2) is 24.3 Å². The van der Waals surface area contributed by atoms with E-state index in [-0.39, 0.29) is 11.6 Å². The lowest BCUT2D eigenvalue weighted by Crippen LogP contribution is -2.36. The van der Waals surface area contributed by atoms with E-state index >= 15 is 0 Å². The highest BCUT2D eigenvalue weighted by Crippen LogP contribution is 2.12. The minimum atomic E-state index is -1.12. The molecule has 5 nitrogen and oxygen atoms in total. The topological polar surface area (TPSA) is 75.6 Å². The smallest absolute Gasteiger partial charge is 0.328 e. The van der Waals surface area contributed by atoms with E-state index in [0.717, 1.165) is 12.1 Å². The summed E-state index contributed by atoms with van der Waals surface area (Å²) in [6.45, 7) is 4.50. The summed E-state index contributed by atoms with van der Waals surface area (Å²) < 4.78 is 19.0. The number of rotatable bonds is 7. The van der Waals surface area contributed by atoms with E-state index in [1.807, 2.05) is 6.92 Å². The third-order valence-electron chi connectivity index (χ3n) is 2.61. The van der Waals surface area contributed by atoms with Crippen LogP contribution in [0.4, 0.5) is 4.39 Å². The number of benzene rings is 1. The van der Waals surface area contributed by atoms with Gasteiger partial charge in [0.05, 0.1) is 12.2 Å². The van der Waals surface area contributed by atoms with Gasteiger partial charge in [0.25, 0.3) is 5.91 Å². The summed E-state index contributed by atoms with van der Waals surface area (Å²) in [4.78, 5) is 22.3. The van der Waals surface area contributed by atoms with Gasteiger partial charge in [-0.05, 0) is 37.6 Å². The molecule has 0 saturated carbocycles. The second-order valence-electron chi connectivity index (χ2n) is 4.44. The van der Waals surface area contributed by atoms with Gasteiger partial charge in [-0.1, -0.05) is 6.07 Å². The highest BCUT2D eigenvalue weighted by molar-refractivity contribution is 5.95. The fraction of sp³-hybridized carbons (Fsp3) is 0.333. The van der Waals surface area contributed by atoms with Gasteiger partial charge in [0.2, 0.25) is 0 Å². The van der Waals surface area contributed by atoms with Gasteiger partial charge in [0.1, 0.15) is 5.82 Å². The Bertz CT molecular complexity index is 542. The van der Waals surface area contributed by atoms with E-state index in [9.17, 15) is 14.0 Å². The number of carboxylic acid groups (broad SMARTS) is 1. The maximum atomic E-state index is 13.9. The number of carbonyl (C=O) groups excluding carboxylic acids is 1. The van der Waals surface area contributed by atoms with Crippen molar-refractivity contribution in [2.45, 2.75) is 19.9 Å². The molecule has 0 aliphatic heterocycles. The summed E-state index contributed by atoms with van der Waals surface area (Å²) in [5.41, 5.74) is 0.277. The van der Waals surface area contributed by atoms with Gasteiger partial charge in [0.15, 0.2) is 0 Å². The molecular weight excluding hydrogens is 277 g/mol. The molecule has 0 heterocycles. The first-order chi connectivity index (χ1) is 9.93. The van der Waals surface area contributed by atoms with Crippen LogP contribution in [0.1, 0.15) is 29.8 Å². The van der Waals surface area contributed by atoms with Crippen LogP contribution in [-0.2, 0) is 9.53 Å². The molecule has 114 valence electrons. The van der Waals surface area contributed by atoms with E-state index < -0.39 is 17.7 Å². The SMILES string of the molecule is CCOCC(C)NC(=O)c1ccc(C=CC(=O)O)cc1F. The van der Waals surface area contributed by atoms with E-state index in [4.69, 9.17) is 9.84 Å². The second kappa shape index (κ2) is 8.16. The molecule has 1 unspecified atom stereocenters. The minimum absolute atomic E-state index is 0.0918. The van der Waals surface area contributed by atoms with Crippen LogP contribution >= 0.6 is 0 Å². The number of nitrogens with one attached hydrogen (secondary N) is 1. The van der Waals surface area contributed by atoms with E-state index in [1.54, 1.807) is 6.92 Å². The Balaban J connectivity index is 2.75. The Morgan fingerprint density at radius 3 is 2.76 bits per heavy atom. The van der Waals surface area contributed by atoms with Crippen LogP contribution in [-0.4, -0.2) is 36.2 Å². The van der Waals surface area contributed by atoms with Gasteiger partial charge in [-0.15, -0.1) is 0 Å². The molecule has 0 spiro atoms. The predicted octanol–water partition coefficient (Wildman–Crippen LogP) is 2.08. The summed E-state index contributed by atoms with van der Waals surface area (Å²) in [5.74, 6) is -2.36. The highest BCUT2D eigenvalue weighted by atomic mass is 19.1. The first-order valence-corrected chi connectivity index (χ1v) is 6.53. The minimum Gasteiger partial charge on any atom is -0.478 e. The van der Waals surface area contributed by atoms with E-state index in [0.29, 0.717) is 18.8 Å². The van der Waals surface area contributed by atoms with Crippen LogP contribution in [0.3, 0.4) is 0 Å². The molecule has 0 fully saturated rings. The number of hydrogen-bond acceptors (Lipinski definition) is 3. The van der Waals surface area contributed by atoms with Crippen LogP contribution in [0.25, 0.3) is 6.08 Å². The van der Waals surface area contributed by atoms with Gasteiger partial charge in [-0.25, -0.2) is 9.18 Å². The summed E-state index contributed by atoms with van der Waals surface area (Å²) in [5, 5.41) is 11.1. The lowest BCUT2D eigenvalue weighted by atomic mass is 10.1. The summed E-state index contributed by atoms with van der Waals surface area (Å²) in [6.07, 6.45) is 2.16. The molecule has 0 aromatic heterocycles. The van der Waals surface area contributed by atoms with Crippen LogP contribution in [0, 0.1) is 5.82 Å².